The minimum absolute atomic E-state index is 0.0903. The maximum atomic E-state index is 12.0. The third-order valence-corrected chi connectivity index (χ3v) is 4.94. The van der Waals surface area contributed by atoms with Crippen molar-refractivity contribution in [1.82, 2.24) is 0 Å². The summed E-state index contributed by atoms with van der Waals surface area (Å²) < 4.78 is 118. The van der Waals surface area contributed by atoms with Crippen LogP contribution in [-0.4, -0.2) is 62.7 Å². The molecule has 0 saturated heterocycles. The molecule has 13 heteroatoms. The van der Waals surface area contributed by atoms with Gasteiger partial charge in [-0.2, -0.15) is 0 Å². The van der Waals surface area contributed by atoms with Crippen molar-refractivity contribution >= 4 is 0 Å². The van der Waals surface area contributed by atoms with Crippen LogP contribution < -0.4 is 0 Å². The second kappa shape index (κ2) is 13.6. The Morgan fingerprint density at radius 3 is 1.06 bits per heavy atom. The first-order valence-electron chi connectivity index (χ1n) is 10.9. The Balaban J connectivity index is -0.000000380. The van der Waals surface area contributed by atoms with E-state index in [2.05, 4.69) is 6.58 Å². The van der Waals surface area contributed by atoms with Gasteiger partial charge in [-0.3, -0.25) is 0 Å². The first-order valence-corrected chi connectivity index (χ1v) is 10.9. The van der Waals surface area contributed by atoms with Gasteiger partial charge in [0.1, 0.15) is 17.8 Å². The molecule has 0 radical (unpaired) electrons. The first-order chi connectivity index (χ1) is 15.3. The molecule has 0 aromatic heterocycles. The van der Waals surface area contributed by atoms with E-state index in [0.717, 1.165) is 47.5 Å². The van der Waals surface area contributed by atoms with Crippen LogP contribution in [0.3, 0.4) is 0 Å². The molecule has 0 aliphatic heterocycles. The second-order valence-electron chi connectivity index (χ2n) is 9.99. The van der Waals surface area contributed by atoms with Gasteiger partial charge in [0.15, 0.2) is 0 Å². The van der Waals surface area contributed by atoms with Crippen molar-refractivity contribution in [3.8, 4) is 0 Å². The largest absolute Gasteiger partial charge is 0.390 e. The number of aliphatic hydroxyl groups excluding tert-OH is 1. The molecule has 2 aliphatic carbocycles. The van der Waals surface area contributed by atoms with Gasteiger partial charge in [-0.1, -0.05) is 6.58 Å². The molecule has 36 heavy (non-hydrogen) atoms. The Morgan fingerprint density at radius 2 is 1.06 bits per heavy atom. The summed E-state index contributed by atoms with van der Waals surface area (Å²) in [7, 11) is 0. The van der Waals surface area contributed by atoms with Crippen LogP contribution in [0.25, 0.3) is 0 Å². The van der Waals surface area contributed by atoms with Gasteiger partial charge in [-0.05, 0) is 59.0 Å². The fourth-order valence-electron chi connectivity index (χ4n) is 1.15. The molecule has 3 nitrogen and oxygen atoms in total. The molecular formula is C23H40F10O3. The minimum Gasteiger partial charge on any atom is -0.390 e. The van der Waals surface area contributed by atoms with Crippen molar-refractivity contribution in [1.29, 1.82) is 0 Å². The quantitative estimate of drug-likeness (QED) is 0.244. The van der Waals surface area contributed by atoms with Crippen molar-refractivity contribution in [3.63, 3.8) is 0 Å². The van der Waals surface area contributed by atoms with Gasteiger partial charge in [0.25, 0.3) is 23.7 Å². The lowest BCUT2D eigenvalue weighted by Gasteiger charge is -2.24. The van der Waals surface area contributed by atoms with Crippen molar-refractivity contribution in [2.45, 2.75) is 122 Å². The molecule has 0 bridgehead atoms. The molecule has 220 valence electrons. The molecule has 2 fully saturated rings. The van der Waals surface area contributed by atoms with Crippen molar-refractivity contribution in [2.24, 2.45) is 5.92 Å². The van der Waals surface area contributed by atoms with E-state index < -0.39 is 47.4 Å². The third-order valence-electron chi connectivity index (χ3n) is 4.94. The summed E-state index contributed by atoms with van der Waals surface area (Å²) in [6.07, 6.45) is 1.94. The van der Waals surface area contributed by atoms with E-state index in [1.54, 1.807) is 0 Å². The predicted molar refractivity (Wildman–Crippen MR) is 118 cm³/mol. The molecule has 0 heterocycles. The number of aliphatic hydroxyl groups is 3. The summed E-state index contributed by atoms with van der Waals surface area (Å²) in [6, 6.07) is 0. The summed E-state index contributed by atoms with van der Waals surface area (Å²) in [5.74, 6) is -14.2. The molecule has 0 amide bonds. The van der Waals surface area contributed by atoms with E-state index in [4.69, 9.17) is 15.3 Å². The summed E-state index contributed by atoms with van der Waals surface area (Å²) in [4.78, 5) is 0. The van der Waals surface area contributed by atoms with Crippen molar-refractivity contribution in [2.75, 3.05) is 6.61 Å². The standard InChI is InChI=1S/C5H8F2O.C5H10F2O.2C5H8F2.C3H6F2O/c1-4(6,7)5(8)2-3-5;1-4(2,8)5(3,6)7;1-5(6,7)4-2-3-4;1-4(2)5(3,6)7;1-3(4,5)2-6/h8H,2-3H2,1H3;8H,1-3H3;4H,2-3H2,1H3;1H2,2-3H3;6H,2H2,1H3. The Kier molecular flexibility index (Phi) is 14.9. The van der Waals surface area contributed by atoms with Gasteiger partial charge in [-0.15, -0.1) is 0 Å². The van der Waals surface area contributed by atoms with Crippen LogP contribution in [0.4, 0.5) is 43.9 Å². The average Bonchev–Trinajstić information content (AvgIpc) is 3.47. The lowest BCUT2D eigenvalue weighted by Crippen LogP contribution is -2.39. The molecule has 2 saturated carbocycles. The number of hydrogen-bond donors (Lipinski definition) is 3. The lowest BCUT2D eigenvalue weighted by molar-refractivity contribution is -0.148. The van der Waals surface area contributed by atoms with Crippen molar-refractivity contribution in [3.05, 3.63) is 12.2 Å². The Morgan fingerprint density at radius 1 is 0.806 bits per heavy atom. The van der Waals surface area contributed by atoms with Crippen LogP contribution in [0.2, 0.25) is 0 Å². The molecule has 0 aromatic rings. The van der Waals surface area contributed by atoms with Crippen LogP contribution in [0.5, 0.6) is 0 Å². The van der Waals surface area contributed by atoms with Gasteiger partial charge in [-0.25, -0.2) is 43.9 Å². The van der Waals surface area contributed by atoms with Crippen LogP contribution in [0.15, 0.2) is 12.2 Å². The van der Waals surface area contributed by atoms with Crippen LogP contribution in [-0.2, 0) is 0 Å². The lowest BCUT2D eigenvalue weighted by atomic mass is 10.0. The van der Waals surface area contributed by atoms with E-state index in [-0.39, 0.29) is 24.3 Å². The predicted octanol–water partition coefficient (Wildman–Crippen LogP) is 7.48. The average molecular weight is 555 g/mol. The first kappa shape index (κ1) is 39.4. The van der Waals surface area contributed by atoms with Gasteiger partial charge < -0.3 is 15.3 Å². The monoisotopic (exact) mass is 554 g/mol. The van der Waals surface area contributed by atoms with Gasteiger partial charge >= 0.3 is 0 Å². The topological polar surface area (TPSA) is 60.7 Å². The zero-order valence-corrected chi connectivity index (χ0v) is 21.9. The van der Waals surface area contributed by atoms with Gasteiger partial charge in [0.2, 0.25) is 5.92 Å². The summed E-state index contributed by atoms with van der Waals surface area (Å²) in [5.41, 5.74) is -3.63. The highest BCUT2D eigenvalue weighted by atomic mass is 19.3. The molecule has 0 spiro atoms. The van der Waals surface area contributed by atoms with Gasteiger partial charge in [0, 0.05) is 33.6 Å². The van der Waals surface area contributed by atoms with Crippen LogP contribution in [0.1, 0.15) is 81.1 Å². The number of rotatable bonds is 5. The highest BCUT2D eigenvalue weighted by Gasteiger charge is 2.57. The number of hydrogen-bond acceptors (Lipinski definition) is 3. The van der Waals surface area contributed by atoms with Gasteiger partial charge in [0.05, 0.1) is 0 Å². The normalized spacial score (nSPS) is 17.5. The molecule has 2 aliphatic rings. The fourth-order valence-corrected chi connectivity index (χ4v) is 1.15. The van der Waals surface area contributed by atoms with E-state index >= 15 is 0 Å². The fraction of sp³-hybridized carbons (Fsp3) is 0.913. The number of allylic oxidation sites excluding steroid dienone is 1. The van der Waals surface area contributed by atoms with Crippen LogP contribution in [0, 0.1) is 5.92 Å². The summed E-state index contributed by atoms with van der Waals surface area (Å²) in [5, 5.41) is 25.0. The zero-order chi connectivity index (χ0) is 30.2. The molecule has 0 atom stereocenters. The summed E-state index contributed by atoms with van der Waals surface area (Å²) >= 11 is 0. The van der Waals surface area contributed by atoms with E-state index in [1.807, 2.05) is 0 Å². The number of halogens is 10. The molecule has 2 rings (SSSR count). The van der Waals surface area contributed by atoms with E-state index in [9.17, 15) is 43.9 Å². The SMILES string of the molecule is C=C(C)C(C)(F)F.CC(C)(O)C(C)(F)F.CC(F)(F)C1(O)CC1.CC(F)(F)C1CC1.CC(F)(F)CO. The van der Waals surface area contributed by atoms with E-state index in [1.165, 1.54) is 6.92 Å². The maximum Gasteiger partial charge on any atom is 0.273 e. The highest BCUT2D eigenvalue weighted by Crippen LogP contribution is 2.47. The zero-order valence-electron chi connectivity index (χ0n) is 21.9. The second-order valence-corrected chi connectivity index (χ2v) is 9.99. The Bertz CT molecular complexity index is 590. The Hall–Kier alpha value is -1.08. The smallest absolute Gasteiger partial charge is 0.273 e. The Labute approximate surface area is 206 Å². The molecular weight excluding hydrogens is 514 g/mol. The molecule has 0 unspecified atom stereocenters. The highest BCUT2D eigenvalue weighted by molar-refractivity contribution is 5.02. The number of alkyl halides is 10. The van der Waals surface area contributed by atoms with E-state index in [0.29, 0.717) is 13.8 Å². The minimum atomic E-state index is -3.01. The molecule has 0 aromatic carbocycles. The van der Waals surface area contributed by atoms with Crippen LogP contribution >= 0.6 is 0 Å². The third kappa shape index (κ3) is 21.0. The maximum absolute atomic E-state index is 12.0. The molecule has 3 N–H and O–H groups in total. The van der Waals surface area contributed by atoms with Crippen molar-refractivity contribution < 1.29 is 59.2 Å². The summed E-state index contributed by atoms with van der Waals surface area (Å²) in [6.45, 7) is 9.39.